The predicted octanol–water partition coefficient (Wildman–Crippen LogP) is 3.33. The smallest absolute Gasteiger partial charge is 0.127 e. The van der Waals surface area contributed by atoms with Gasteiger partial charge in [0.25, 0.3) is 0 Å². The lowest BCUT2D eigenvalue weighted by Crippen LogP contribution is -2.15. The van der Waals surface area contributed by atoms with Crippen LogP contribution in [-0.2, 0) is 12.8 Å². The molecule has 0 fully saturated rings. The Labute approximate surface area is 116 Å². The zero-order chi connectivity index (χ0) is 13.8. The van der Waals surface area contributed by atoms with Crippen LogP contribution in [0.25, 0.3) is 0 Å². The third-order valence-corrected chi connectivity index (χ3v) is 3.26. The van der Waals surface area contributed by atoms with Crippen molar-refractivity contribution in [2.24, 2.45) is 0 Å². The molecule has 0 amide bonds. The van der Waals surface area contributed by atoms with Gasteiger partial charge in [0.1, 0.15) is 11.6 Å². The van der Waals surface area contributed by atoms with Gasteiger partial charge < -0.3 is 10.2 Å². The van der Waals surface area contributed by atoms with Crippen LogP contribution in [0, 0.1) is 5.82 Å². The number of phenolic OH excluding ortho intramolecular Hbond substituents is 1. The molecule has 0 aromatic heterocycles. The Morgan fingerprint density at radius 2 is 1.74 bits per heavy atom. The minimum atomic E-state index is -0.723. The number of rotatable bonds is 4. The summed E-state index contributed by atoms with van der Waals surface area (Å²) in [7, 11) is 0. The first-order chi connectivity index (χ1) is 9.06. The van der Waals surface area contributed by atoms with Crippen molar-refractivity contribution in [2.75, 3.05) is 0 Å². The van der Waals surface area contributed by atoms with Crippen molar-refractivity contribution in [3.63, 3.8) is 0 Å². The maximum Gasteiger partial charge on any atom is 0.127 e. The van der Waals surface area contributed by atoms with Crippen LogP contribution in [0.2, 0.25) is 5.02 Å². The summed E-state index contributed by atoms with van der Waals surface area (Å²) < 4.78 is 13.6. The molecule has 0 aliphatic heterocycles. The summed E-state index contributed by atoms with van der Waals surface area (Å²) in [5, 5.41) is 19.5. The molecule has 0 radical (unpaired) electrons. The van der Waals surface area contributed by atoms with E-state index < -0.39 is 11.9 Å². The van der Waals surface area contributed by atoms with E-state index in [9.17, 15) is 9.50 Å². The van der Waals surface area contributed by atoms with Crippen LogP contribution in [0.5, 0.6) is 5.75 Å². The van der Waals surface area contributed by atoms with Gasteiger partial charge in [-0.05, 0) is 36.2 Å². The van der Waals surface area contributed by atoms with Gasteiger partial charge in [-0.3, -0.25) is 0 Å². The molecule has 0 aliphatic carbocycles. The number of halogens is 2. The molecule has 0 heterocycles. The van der Waals surface area contributed by atoms with Crippen molar-refractivity contribution in [3.05, 3.63) is 64.4 Å². The second kappa shape index (κ2) is 6.04. The summed E-state index contributed by atoms with van der Waals surface area (Å²) in [4.78, 5) is 0. The Balaban J connectivity index is 2.05. The quantitative estimate of drug-likeness (QED) is 0.902. The normalized spacial score (nSPS) is 12.4. The number of hydrogen-bond donors (Lipinski definition) is 2. The van der Waals surface area contributed by atoms with Gasteiger partial charge in [-0.25, -0.2) is 4.39 Å². The molecule has 0 saturated heterocycles. The number of benzene rings is 2. The van der Waals surface area contributed by atoms with E-state index in [2.05, 4.69) is 0 Å². The largest absolute Gasteiger partial charge is 0.508 e. The van der Waals surface area contributed by atoms with Crippen LogP contribution in [-0.4, -0.2) is 16.3 Å². The Kier molecular flexibility index (Phi) is 4.40. The summed E-state index contributed by atoms with van der Waals surface area (Å²) >= 11 is 5.91. The van der Waals surface area contributed by atoms with Crippen LogP contribution in [0.15, 0.2) is 42.5 Å². The van der Waals surface area contributed by atoms with Crippen LogP contribution in [0.3, 0.4) is 0 Å². The Hall–Kier alpha value is -1.58. The Morgan fingerprint density at radius 3 is 2.37 bits per heavy atom. The van der Waals surface area contributed by atoms with Gasteiger partial charge in [0.15, 0.2) is 0 Å². The van der Waals surface area contributed by atoms with Crippen molar-refractivity contribution in [3.8, 4) is 5.75 Å². The van der Waals surface area contributed by atoms with Gasteiger partial charge in [0.05, 0.1) is 6.10 Å². The number of phenols is 1. The maximum atomic E-state index is 13.6. The van der Waals surface area contributed by atoms with Gasteiger partial charge in [0, 0.05) is 17.0 Å². The zero-order valence-corrected chi connectivity index (χ0v) is 10.9. The third-order valence-electron chi connectivity index (χ3n) is 2.91. The van der Waals surface area contributed by atoms with E-state index in [0.717, 1.165) is 5.56 Å². The molecular formula is C15H14ClFO2. The van der Waals surface area contributed by atoms with E-state index in [0.29, 0.717) is 17.0 Å². The molecule has 1 atom stereocenters. The molecule has 2 N–H and O–H groups in total. The first kappa shape index (κ1) is 13.8. The lowest BCUT2D eigenvalue weighted by molar-refractivity contribution is 0.174. The number of aliphatic hydroxyl groups is 1. The molecule has 0 saturated carbocycles. The molecule has 2 nitrogen and oxygen atoms in total. The number of hydrogen-bond acceptors (Lipinski definition) is 2. The molecule has 2 aromatic rings. The van der Waals surface area contributed by atoms with Crippen molar-refractivity contribution in [1.29, 1.82) is 0 Å². The summed E-state index contributed by atoms with van der Waals surface area (Å²) in [6.07, 6.45) is -0.184. The third kappa shape index (κ3) is 3.69. The molecule has 2 aromatic carbocycles. The maximum absolute atomic E-state index is 13.6. The number of aliphatic hydroxyl groups excluding tert-OH is 1. The second-order valence-electron chi connectivity index (χ2n) is 4.43. The van der Waals surface area contributed by atoms with E-state index in [-0.39, 0.29) is 12.2 Å². The van der Waals surface area contributed by atoms with Gasteiger partial charge in [-0.2, -0.15) is 0 Å². The van der Waals surface area contributed by atoms with Gasteiger partial charge in [0.2, 0.25) is 0 Å². The lowest BCUT2D eigenvalue weighted by Gasteiger charge is -2.12. The highest BCUT2D eigenvalue weighted by atomic mass is 35.5. The fraction of sp³-hybridized carbons (Fsp3) is 0.200. The van der Waals surface area contributed by atoms with E-state index >= 15 is 0 Å². The van der Waals surface area contributed by atoms with E-state index in [1.165, 1.54) is 12.1 Å². The van der Waals surface area contributed by atoms with Crippen LogP contribution < -0.4 is 0 Å². The molecular weight excluding hydrogens is 267 g/mol. The molecule has 0 spiro atoms. The van der Waals surface area contributed by atoms with Crippen LogP contribution >= 0.6 is 11.6 Å². The SMILES string of the molecule is Oc1ccc(CC(O)Cc2c(F)cccc2Cl)cc1. The first-order valence-corrected chi connectivity index (χ1v) is 6.33. The summed E-state index contributed by atoms with van der Waals surface area (Å²) in [5.41, 5.74) is 1.20. The molecule has 0 aliphatic rings. The Morgan fingerprint density at radius 1 is 1.05 bits per heavy atom. The van der Waals surface area contributed by atoms with Crippen molar-refractivity contribution >= 4 is 11.6 Å². The molecule has 1 unspecified atom stereocenters. The fourth-order valence-corrected chi connectivity index (χ4v) is 2.18. The molecule has 19 heavy (non-hydrogen) atoms. The van der Waals surface area contributed by atoms with Crippen molar-refractivity contribution in [1.82, 2.24) is 0 Å². The van der Waals surface area contributed by atoms with Gasteiger partial charge in [-0.1, -0.05) is 29.8 Å². The lowest BCUT2D eigenvalue weighted by atomic mass is 10.0. The summed E-state index contributed by atoms with van der Waals surface area (Å²) in [6.45, 7) is 0. The highest BCUT2D eigenvalue weighted by Crippen LogP contribution is 2.21. The predicted molar refractivity (Wildman–Crippen MR) is 72.9 cm³/mol. The van der Waals surface area contributed by atoms with Crippen molar-refractivity contribution < 1.29 is 14.6 Å². The van der Waals surface area contributed by atoms with E-state index in [1.807, 2.05) is 0 Å². The highest BCUT2D eigenvalue weighted by Gasteiger charge is 2.13. The minimum absolute atomic E-state index is 0.159. The molecule has 2 rings (SSSR count). The van der Waals surface area contributed by atoms with Gasteiger partial charge >= 0.3 is 0 Å². The minimum Gasteiger partial charge on any atom is -0.508 e. The Bertz CT molecular complexity index is 534. The topological polar surface area (TPSA) is 40.5 Å². The number of aromatic hydroxyl groups is 1. The fourth-order valence-electron chi connectivity index (χ4n) is 1.94. The van der Waals surface area contributed by atoms with Crippen LogP contribution in [0.4, 0.5) is 4.39 Å². The van der Waals surface area contributed by atoms with Gasteiger partial charge in [-0.15, -0.1) is 0 Å². The monoisotopic (exact) mass is 280 g/mol. The molecule has 0 bridgehead atoms. The van der Waals surface area contributed by atoms with Crippen molar-refractivity contribution in [2.45, 2.75) is 18.9 Å². The first-order valence-electron chi connectivity index (χ1n) is 5.95. The van der Waals surface area contributed by atoms with Crippen LogP contribution in [0.1, 0.15) is 11.1 Å². The average molecular weight is 281 g/mol. The average Bonchev–Trinajstić information content (AvgIpc) is 2.37. The highest BCUT2D eigenvalue weighted by molar-refractivity contribution is 6.31. The van der Waals surface area contributed by atoms with E-state index in [4.69, 9.17) is 16.7 Å². The molecule has 100 valence electrons. The van der Waals surface area contributed by atoms with E-state index in [1.54, 1.807) is 30.3 Å². The second-order valence-corrected chi connectivity index (χ2v) is 4.84. The molecule has 4 heteroatoms. The standard InChI is InChI=1S/C15H14ClFO2/c16-14-2-1-3-15(17)13(14)9-12(19)8-10-4-6-11(18)7-5-10/h1-7,12,18-19H,8-9H2. The summed E-state index contributed by atoms with van der Waals surface area (Å²) in [5.74, 6) is -0.229. The zero-order valence-electron chi connectivity index (χ0n) is 10.2. The summed E-state index contributed by atoms with van der Waals surface area (Å²) in [6, 6.07) is 11.0.